The Labute approximate surface area is 98.1 Å². The quantitative estimate of drug-likeness (QED) is 0.389. The van der Waals surface area contributed by atoms with Crippen molar-refractivity contribution in [3.8, 4) is 0 Å². The van der Waals surface area contributed by atoms with Gasteiger partial charge in [-0.15, -0.1) is 0 Å². The lowest BCUT2D eigenvalue weighted by atomic mass is 9.88. The van der Waals surface area contributed by atoms with Gasteiger partial charge in [-0.05, 0) is 6.08 Å². The van der Waals surface area contributed by atoms with Gasteiger partial charge in [0.25, 0.3) is 0 Å². The molecule has 0 aromatic rings. The second kappa shape index (κ2) is 5.46. The average molecular weight is 247 g/mol. The monoisotopic (exact) mass is 247 g/mol. The van der Waals surface area contributed by atoms with Gasteiger partial charge in [-0.3, -0.25) is 0 Å². The maximum atomic E-state index is 10.8. The van der Waals surface area contributed by atoms with Crippen LogP contribution in [0.25, 0.3) is 0 Å². The van der Waals surface area contributed by atoms with Gasteiger partial charge in [0.1, 0.15) is 18.3 Å². The van der Waals surface area contributed by atoms with Gasteiger partial charge in [0.15, 0.2) is 0 Å². The Morgan fingerprint density at radius 2 is 2.18 bits per heavy atom. The molecule has 5 atom stereocenters. The Hall–Kier alpha value is -1.15. The lowest BCUT2D eigenvalue weighted by molar-refractivity contribution is -0.146. The van der Waals surface area contributed by atoms with Crippen molar-refractivity contribution in [1.29, 1.82) is 0 Å². The third-order valence-corrected chi connectivity index (χ3v) is 2.86. The van der Waals surface area contributed by atoms with Gasteiger partial charge in [-0.1, -0.05) is 6.92 Å². The molecular weight excluding hydrogens is 230 g/mol. The molecule has 6 N–H and O–H groups in total. The number of aliphatic hydroxyl groups excluding tert-OH is 3. The minimum atomic E-state index is -1.40. The Morgan fingerprint density at radius 1 is 1.59 bits per heavy atom. The van der Waals surface area contributed by atoms with Gasteiger partial charge in [-0.2, -0.15) is 0 Å². The van der Waals surface area contributed by atoms with E-state index in [1.807, 2.05) is 0 Å². The van der Waals surface area contributed by atoms with Gasteiger partial charge in [-0.25, -0.2) is 4.79 Å². The van der Waals surface area contributed by atoms with Crippen LogP contribution in [0.3, 0.4) is 0 Å². The summed E-state index contributed by atoms with van der Waals surface area (Å²) in [7, 11) is 0. The van der Waals surface area contributed by atoms with E-state index < -0.39 is 36.9 Å². The number of carboxylic acid groups (broad SMARTS) is 1. The molecule has 0 aromatic heterocycles. The van der Waals surface area contributed by atoms with Crippen LogP contribution in [0.1, 0.15) is 6.92 Å². The van der Waals surface area contributed by atoms with Crippen LogP contribution in [0.4, 0.5) is 0 Å². The summed E-state index contributed by atoms with van der Waals surface area (Å²) in [6.07, 6.45) is -2.52. The van der Waals surface area contributed by atoms with Gasteiger partial charge >= 0.3 is 5.97 Å². The summed E-state index contributed by atoms with van der Waals surface area (Å²) in [4.78, 5) is 10.8. The van der Waals surface area contributed by atoms with Gasteiger partial charge in [0.05, 0.1) is 6.61 Å². The number of aliphatic hydroxyl groups is 3. The van der Waals surface area contributed by atoms with Crippen LogP contribution < -0.4 is 5.73 Å². The summed E-state index contributed by atoms with van der Waals surface area (Å²) >= 11 is 0. The summed E-state index contributed by atoms with van der Waals surface area (Å²) in [5.41, 5.74) is 5.70. The summed E-state index contributed by atoms with van der Waals surface area (Å²) < 4.78 is 5.08. The fourth-order valence-corrected chi connectivity index (χ4v) is 1.67. The Bertz CT molecular complexity index is 318. The molecule has 0 saturated heterocycles. The van der Waals surface area contributed by atoms with Crippen LogP contribution in [-0.4, -0.2) is 57.4 Å². The zero-order valence-electron chi connectivity index (χ0n) is 9.35. The molecule has 0 spiro atoms. The van der Waals surface area contributed by atoms with E-state index in [0.29, 0.717) is 0 Å². The standard InChI is InChI=1S/C10H17NO6/c1-4-5(11)2-7(10(15)16)17-9(4)8(14)6(13)3-12/h2,4-6,8-9,12-14H,3,11H2,1H3,(H,15,16)/t4-,5-,6-,8-,9?/m1/s1. The molecule has 0 fully saturated rings. The highest BCUT2D eigenvalue weighted by Crippen LogP contribution is 2.26. The lowest BCUT2D eigenvalue weighted by Crippen LogP contribution is -2.51. The third kappa shape index (κ3) is 2.95. The first-order chi connectivity index (χ1) is 7.88. The molecule has 98 valence electrons. The Morgan fingerprint density at radius 3 is 2.65 bits per heavy atom. The zero-order valence-corrected chi connectivity index (χ0v) is 9.35. The first kappa shape index (κ1) is 13.9. The summed E-state index contributed by atoms with van der Waals surface area (Å²) in [6, 6.07) is -0.597. The number of carboxylic acids is 1. The predicted octanol–water partition coefficient (Wildman–Crippen LogP) is -1.97. The Kier molecular flexibility index (Phi) is 4.47. The highest BCUT2D eigenvalue weighted by molar-refractivity contribution is 5.84. The van der Waals surface area contributed by atoms with Gasteiger partial charge in [0.2, 0.25) is 5.76 Å². The first-order valence-corrected chi connectivity index (χ1v) is 5.22. The highest BCUT2D eigenvalue weighted by Gasteiger charge is 2.39. The maximum absolute atomic E-state index is 10.8. The van der Waals surface area contributed by atoms with E-state index in [-0.39, 0.29) is 11.7 Å². The average Bonchev–Trinajstić information content (AvgIpc) is 2.30. The normalized spacial score (nSPS) is 32.3. The fourth-order valence-electron chi connectivity index (χ4n) is 1.67. The first-order valence-electron chi connectivity index (χ1n) is 5.22. The van der Waals surface area contributed by atoms with Crippen molar-refractivity contribution in [2.45, 2.75) is 31.3 Å². The van der Waals surface area contributed by atoms with Crippen molar-refractivity contribution in [1.82, 2.24) is 0 Å². The molecule has 0 aliphatic carbocycles. The van der Waals surface area contributed by atoms with E-state index in [0.717, 1.165) is 0 Å². The van der Waals surface area contributed by atoms with Crippen molar-refractivity contribution < 1.29 is 30.0 Å². The number of ether oxygens (including phenoxy) is 1. The van der Waals surface area contributed by atoms with Crippen molar-refractivity contribution in [2.24, 2.45) is 11.7 Å². The van der Waals surface area contributed by atoms with Crippen molar-refractivity contribution in [3.05, 3.63) is 11.8 Å². The molecule has 0 aromatic carbocycles. The number of hydrogen-bond donors (Lipinski definition) is 5. The van der Waals surface area contributed by atoms with Crippen LogP contribution in [0.2, 0.25) is 0 Å². The molecule has 1 aliphatic heterocycles. The van der Waals surface area contributed by atoms with Crippen LogP contribution in [-0.2, 0) is 9.53 Å². The second-order valence-corrected chi connectivity index (χ2v) is 4.10. The SMILES string of the molecule is C[C@H]1C([C@H](O)[C@H](O)CO)OC(C(=O)O)=C[C@H]1N. The second-order valence-electron chi connectivity index (χ2n) is 4.10. The smallest absolute Gasteiger partial charge is 0.370 e. The molecule has 7 heteroatoms. The fraction of sp³-hybridized carbons (Fsp3) is 0.700. The van der Waals surface area contributed by atoms with E-state index in [4.69, 9.17) is 20.7 Å². The van der Waals surface area contributed by atoms with E-state index in [1.54, 1.807) is 6.92 Å². The predicted molar refractivity (Wildman–Crippen MR) is 56.8 cm³/mol. The summed E-state index contributed by atoms with van der Waals surface area (Å²) in [6.45, 7) is 1.02. The highest BCUT2D eigenvalue weighted by atomic mass is 16.5. The van der Waals surface area contributed by atoms with E-state index in [9.17, 15) is 15.0 Å². The molecule has 0 bridgehead atoms. The molecule has 0 amide bonds. The van der Waals surface area contributed by atoms with Crippen molar-refractivity contribution in [2.75, 3.05) is 6.61 Å². The van der Waals surface area contributed by atoms with Crippen molar-refractivity contribution in [3.63, 3.8) is 0 Å². The number of carbonyl (C=O) groups is 1. The molecule has 1 aliphatic rings. The van der Waals surface area contributed by atoms with Crippen LogP contribution >= 0.6 is 0 Å². The zero-order chi connectivity index (χ0) is 13.2. The number of nitrogens with two attached hydrogens (primary N) is 1. The number of hydrogen-bond acceptors (Lipinski definition) is 6. The van der Waals surface area contributed by atoms with E-state index in [1.165, 1.54) is 6.08 Å². The van der Waals surface area contributed by atoms with Gasteiger partial charge in [0, 0.05) is 12.0 Å². The molecule has 7 nitrogen and oxygen atoms in total. The van der Waals surface area contributed by atoms with Crippen LogP contribution in [0.5, 0.6) is 0 Å². The number of aliphatic carboxylic acids is 1. The molecule has 0 saturated carbocycles. The van der Waals surface area contributed by atoms with E-state index >= 15 is 0 Å². The molecule has 1 rings (SSSR count). The molecular formula is C10H17NO6. The van der Waals surface area contributed by atoms with Gasteiger partial charge < -0.3 is 30.9 Å². The number of rotatable bonds is 4. The lowest BCUT2D eigenvalue weighted by Gasteiger charge is -2.36. The third-order valence-electron chi connectivity index (χ3n) is 2.86. The minimum absolute atomic E-state index is 0.357. The van der Waals surface area contributed by atoms with Crippen LogP contribution in [0, 0.1) is 5.92 Å². The van der Waals surface area contributed by atoms with Crippen molar-refractivity contribution >= 4 is 5.97 Å². The summed E-state index contributed by atoms with van der Waals surface area (Å²) in [5, 5.41) is 36.6. The van der Waals surface area contributed by atoms with Crippen LogP contribution in [0.15, 0.2) is 11.8 Å². The molecule has 17 heavy (non-hydrogen) atoms. The van der Waals surface area contributed by atoms with E-state index in [2.05, 4.69) is 0 Å². The molecule has 1 unspecified atom stereocenters. The largest absolute Gasteiger partial charge is 0.480 e. The molecule has 1 heterocycles. The Balaban J connectivity index is 2.87. The topological polar surface area (TPSA) is 133 Å². The minimum Gasteiger partial charge on any atom is -0.480 e. The summed E-state index contributed by atoms with van der Waals surface area (Å²) in [5.74, 6) is -2.03. The molecule has 0 radical (unpaired) electrons. The maximum Gasteiger partial charge on any atom is 0.370 e.